The third-order valence-corrected chi connectivity index (χ3v) is 6.17. The number of benzene rings is 2. The molecule has 0 unspecified atom stereocenters. The highest BCUT2D eigenvalue weighted by atomic mass is 16.2. The molecule has 29 heavy (non-hydrogen) atoms. The Kier molecular flexibility index (Phi) is 4.90. The van der Waals surface area contributed by atoms with Gasteiger partial charge in [0.25, 0.3) is 0 Å². The highest BCUT2D eigenvalue weighted by molar-refractivity contribution is 5.82. The summed E-state index contributed by atoms with van der Waals surface area (Å²) in [6.45, 7) is 2.33. The second kappa shape index (κ2) is 7.84. The minimum atomic E-state index is -0.0223. The van der Waals surface area contributed by atoms with E-state index in [1.165, 1.54) is 22.4 Å². The topological polar surface area (TPSA) is 61.0 Å². The van der Waals surface area contributed by atoms with E-state index in [-0.39, 0.29) is 17.9 Å². The van der Waals surface area contributed by atoms with Crippen molar-refractivity contribution in [1.29, 1.82) is 0 Å². The zero-order valence-corrected chi connectivity index (χ0v) is 16.5. The zero-order chi connectivity index (χ0) is 19.6. The molecule has 3 aromatic rings. The van der Waals surface area contributed by atoms with E-state index in [4.69, 9.17) is 5.10 Å². The van der Waals surface area contributed by atoms with Gasteiger partial charge in [-0.2, -0.15) is 5.10 Å². The average Bonchev–Trinajstić information content (AvgIpc) is 3.45. The Labute approximate surface area is 171 Å². The van der Waals surface area contributed by atoms with Gasteiger partial charge in [0.15, 0.2) is 0 Å². The zero-order valence-electron chi connectivity index (χ0n) is 16.5. The first-order valence-electron chi connectivity index (χ1n) is 10.5. The lowest BCUT2D eigenvalue weighted by Gasteiger charge is -2.30. The summed E-state index contributed by atoms with van der Waals surface area (Å²) in [6.07, 6.45) is 2.85. The summed E-state index contributed by atoms with van der Waals surface area (Å²) in [4.78, 5) is 15.0. The lowest BCUT2D eigenvalue weighted by molar-refractivity contribution is -0.134. The lowest BCUT2D eigenvalue weighted by atomic mass is 9.85. The molecule has 1 amide bonds. The molecule has 148 valence electrons. The highest BCUT2D eigenvalue weighted by Gasteiger charge is 2.33. The average molecular weight is 386 g/mol. The predicted molar refractivity (Wildman–Crippen MR) is 113 cm³/mol. The van der Waals surface area contributed by atoms with Gasteiger partial charge >= 0.3 is 0 Å². The molecule has 0 radical (unpaired) electrons. The first-order valence-corrected chi connectivity index (χ1v) is 10.5. The van der Waals surface area contributed by atoms with E-state index in [2.05, 4.69) is 58.9 Å². The number of fused-ring (bicyclic) bond motifs is 1. The first kappa shape index (κ1) is 18.1. The van der Waals surface area contributed by atoms with Crippen LogP contribution >= 0.6 is 0 Å². The summed E-state index contributed by atoms with van der Waals surface area (Å²) in [5, 5.41) is 11.4. The van der Waals surface area contributed by atoms with E-state index < -0.39 is 0 Å². The van der Waals surface area contributed by atoms with Gasteiger partial charge in [0.1, 0.15) is 0 Å². The molecule has 0 aliphatic carbocycles. The molecule has 1 aromatic heterocycles. The summed E-state index contributed by atoms with van der Waals surface area (Å²) in [5.41, 5.74) is 5.82. The maximum Gasteiger partial charge on any atom is 0.240 e. The van der Waals surface area contributed by atoms with Gasteiger partial charge in [-0.15, -0.1) is 0 Å². The van der Waals surface area contributed by atoms with Crippen LogP contribution in [0.25, 0.3) is 0 Å². The summed E-state index contributed by atoms with van der Waals surface area (Å²) in [7, 11) is 0. The van der Waals surface area contributed by atoms with Crippen LogP contribution in [-0.4, -0.2) is 40.1 Å². The molecule has 3 heterocycles. The standard InChI is InChI=1S/C24H26N4O/c29-24(21-12-7-14-25-21)28-15-13-20-19(16-28)23(27-26-20)22(17-8-3-1-4-9-17)18-10-5-2-6-11-18/h1-6,8-11,21-22,25H,7,12-16H2,(H,26,27)/t21-/m0/s1. The molecule has 2 N–H and O–H groups in total. The largest absolute Gasteiger partial charge is 0.336 e. The molecule has 2 aromatic carbocycles. The Hall–Kier alpha value is -2.92. The number of carbonyl (C=O) groups is 1. The van der Waals surface area contributed by atoms with Crippen molar-refractivity contribution in [3.63, 3.8) is 0 Å². The van der Waals surface area contributed by atoms with Crippen LogP contribution in [0.15, 0.2) is 60.7 Å². The molecule has 1 saturated heterocycles. The molecule has 1 atom stereocenters. The van der Waals surface area contributed by atoms with E-state index >= 15 is 0 Å². The van der Waals surface area contributed by atoms with Crippen LogP contribution in [-0.2, 0) is 17.8 Å². The summed E-state index contributed by atoms with van der Waals surface area (Å²) < 4.78 is 0. The van der Waals surface area contributed by atoms with Crippen LogP contribution < -0.4 is 5.32 Å². The number of rotatable bonds is 4. The molecule has 2 aliphatic heterocycles. The molecule has 5 rings (SSSR count). The Bertz CT molecular complexity index is 937. The monoisotopic (exact) mass is 386 g/mol. The fourth-order valence-electron chi connectivity index (χ4n) is 4.66. The molecular weight excluding hydrogens is 360 g/mol. The number of nitrogens with zero attached hydrogens (tertiary/aromatic N) is 2. The lowest BCUT2D eigenvalue weighted by Crippen LogP contribution is -2.45. The molecule has 1 fully saturated rings. The maximum atomic E-state index is 13.0. The summed E-state index contributed by atoms with van der Waals surface area (Å²) >= 11 is 0. The number of amides is 1. The summed E-state index contributed by atoms with van der Waals surface area (Å²) in [6, 6.07) is 21.0. The van der Waals surface area contributed by atoms with Gasteiger partial charge in [-0.05, 0) is 30.5 Å². The quantitative estimate of drug-likeness (QED) is 0.724. The van der Waals surface area contributed by atoms with Gasteiger partial charge in [-0.25, -0.2) is 0 Å². The van der Waals surface area contributed by atoms with E-state index in [1.54, 1.807) is 0 Å². The van der Waals surface area contributed by atoms with E-state index in [0.29, 0.717) is 6.54 Å². The number of H-pyrrole nitrogens is 1. The first-order chi connectivity index (χ1) is 14.3. The van der Waals surface area contributed by atoms with Crippen LogP contribution in [0, 0.1) is 0 Å². The number of nitrogens with one attached hydrogen (secondary N) is 2. The Balaban J connectivity index is 1.51. The normalized spacial score (nSPS) is 18.8. The molecule has 0 spiro atoms. The number of hydrogen-bond donors (Lipinski definition) is 2. The van der Waals surface area contributed by atoms with Crippen molar-refractivity contribution in [2.75, 3.05) is 13.1 Å². The van der Waals surface area contributed by atoms with Gasteiger partial charge < -0.3 is 10.2 Å². The number of aromatic nitrogens is 2. The fraction of sp³-hybridized carbons (Fsp3) is 0.333. The Morgan fingerprint density at radius 3 is 2.34 bits per heavy atom. The predicted octanol–water partition coefficient (Wildman–Crippen LogP) is 3.23. The van der Waals surface area contributed by atoms with Crippen molar-refractivity contribution in [2.45, 2.75) is 37.8 Å². The smallest absolute Gasteiger partial charge is 0.240 e. The Morgan fingerprint density at radius 2 is 1.72 bits per heavy atom. The van der Waals surface area contributed by atoms with Gasteiger partial charge in [0.05, 0.1) is 17.7 Å². The van der Waals surface area contributed by atoms with Crippen molar-refractivity contribution in [2.24, 2.45) is 0 Å². The second-order valence-electron chi connectivity index (χ2n) is 7.98. The molecular formula is C24H26N4O. The van der Waals surface area contributed by atoms with Crippen LogP contribution in [0.1, 0.15) is 46.8 Å². The molecule has 5 nitrogen and oxygen atoms in total. The number of hydrogen-bond acceptors (Lipinski definition) is 3. The third kappa shape index (κ3) is 3.47. The van der Waals surface area contributed by atoms with E-state index in [0.717, 1.165) is 38.0 Å². The van der Waals surface area contributed by atoms with Crippen molar-refractivity contribution in [3.8, 4) is 0 Å². The van der Waals surface area contributed by atoms with Gasteiger partial charge in [-0.3, -0.25) is 9.89 Å². The summed E-state index contributed by atoms with van der Waals surface area (Å²) in [5.74, 6) is 0.285. The molecule has 5 heteroatoms. The van der Waals surface area contributed by atoms with Crippen molar-refractivity contribution >= 4 is 5.91 Å². The van der Waals surface area contributed by atoms with Gasteiger partial charge in [0, 0.05) is 30.8 Å². The van der Waals surface area contributed by atoms with Crippen LogP contribution in [0.3, 0.4) is 0 Å². The second-order valence-corrected chi connectivity index (χ2v) is 7.98. The van der Waals surface area contributed by atoms with Crippen LogP contribution in [0.5, 0.6) is 0 Å². The van der Waals surface area contributed by atoms with Crippen molar-refractivity contribution in [3.05, 3.63) is 88.7 Å². The highest BCUT2D eigenvalue weighted by Crippen LogP contribution is 2.35. The molecule has 0 saturated carbocycles. The minimum absolute atomic E-state index is 0.0223. The van der Waals surface area contributed by atoms with Gasteiger partial charge in [-0.1, -0.05) is 60.7 Å². The van der Waals surface area contributed by atoms with Crippen molar-refractivity contribution < 1.29 is 4.79 Å². The third-order valence-electron chi connectivity index (χ3n) is 6.17. The fourth-order valence-corrected chi connectivity index (χ4v) is 4.66. The minimum Gasteiger partial charge on any atom is -0.336 e. The van der Waals surface area contributed by atoms with E-state index in [9.17, 15) is 4.79 Å². The van der Waals surface area contributed by atoms with Crippen molar-refractivity contribution in [1.82, 2.24) is 20.4 Å². The maximum absolute atomic E-state index is 13.0. The Morgan fingerprint density at radius 1 is 1.03 bits per heavy atom. The van der Waals surface area contributed by atoms with Gasteiger partial charge in [0.2, 0.25) is 5.91 Å². The molecule has 2 aliphatic rings. The molecule has 0 bridgehead atoms. The SMILES string of the molecule is O=C([C@@H]1CCCN1)N1CCc2[nH]nc(C(c3ccccc3)c3ccccc3)c2C1. The van der Waals surface area contributed by atoms with Crippen LogP contribution in [0.4, 0.5) is 0 Å². The van der Waals surface area contributed by atoms with E-state index in [1.807, 2.05) is 17.0 Å². The number of aromatic amines is 1. The number of carbonyl (C=O) groups excluding carboxylic acids is 1. The van der Waals surface area contributed by atoms with Crippen LogP contribution in [0.2, 0.25) is 0 Å².